The van der Waals surface area contributed by atoms with Gasteiger partial charge in [0.15, 0.2) is 0 Å². The Morgan fingerprint density at radius 1 is 1.43 bits per heavy atom. The number of rotatable bonds is 4. The van der Waals surface area contributed by atoms with Crippen LogP contribution in [0.15, 0.2) is 41.3 Å². The summed E-state index contributed by atoms with van der Waals surface area (Å²) in [5.41, 5.74) is 0. The molecule has 110 valence electrons. The number of likely N-dealkylation sites (tertiary alicyclic amines) is 1. The van der Waals surface area contributed by atoms with Crippen LogP contribution in [0.25, 0.3) is 0 Å². The molecule has 1 aliphatic carbocycles. The van der Waals surface area contributed by atoms with Gasteiger partial charge in [-0.05, 0) is 37.5 Å². The summed E-state index contributed by atoms with van der Waals surface area (Å²) < 4.78 is 7.35. The van der Waals surface area contributed by atoms with Crippen LogP contribution in [0, 0.1) is 5.92 Å². The fourth-order valence-electron chi connectivity index (χ4n) is 3.44. The highest BCUT2D eigenvalue weighted by atomic mass is 16.3. The number of carbonyl (C=O) groups is 1. The van der Waals surface area contributed by atoms with E-state index in [9.17, 15) is 4.79 Å². The van der Waals surface area contributed by atoms with E-state index in [0.29, 0.717) is 11.8 Å². The Bertz CT molecular complexity index is 606. The highest BCUT2D eigenvalue weighted by molar-refractivity contribution is 5.83. The standard InChI is InChI=1S/C16H19N3O2/c20-16(14-10-13(14)15-5-2-9-21-15)19-8-1-4-12(19)11-18-7-3-6-17-18/h2-3,5-7,9,12-14H,1,4,8,10-11H2/t12-,13+,14-/m1/s1. The molecule has 1 saturated carbocycles. The van der Waals surface area contributed by atoms with Crippen molar-refractivity contribution in [1.29, 1.82) is 0 Å². The zero-order valence-electron chi connectivity index (χ0n) is 11.9. The Kier molecular flexibility index (Phi) is 3.05. The van der Waals surface area contributed by atoms with Crippen molar-refractivity contribution in [2.75, 3.05) is 6.54 Å². The van der Waals surface area contributed by atoms with Gasteiger partial charge in [-0.1, -0.05) is 0 Å². The maximum Gasteiger partial charge on any atom is 0.226 e. The van der Waals surface area contributed by atoms with E-state index in [1.54, 1.807) is 12.5 Å². The lowest BCUT2D eigenvalue weighted by molar-refractivity contribution is -0.133. The topological polar surface area (TPSA) is 51.3 Å². The van der Waals surface area contributed by atoms with Crippen molar-refractivity contribution in [2.24, 2.45) is 5.92 Å². The Balaban J connectivity index is 1.42. The first-order chi connectivity index (χ1) is 10.3. The van der Waals surface area contributed by atoms with E-state index in [0.717, 1.165) is 38.1 Å². The average molecular weight is 285 g/mol. The Morgan fingerprint density at radius 3 is 3.14 bits per heavy atom. The van der Waals surface area contributed by atoms with Gasteiger partial charge in [-0.15, -0.1) is 0 Å². The normalized spacial score (nSPS) is 28.0. The van der Waals surface area contributed by atoms with Gasteiger partial charge in [-0.3, -0.25) is 9.48 Å². The van der Waals surface area contributed by atoms with Gasteiger partial charge in [0.05, 0.1) is 18.8 Å². The third-order valence-corrected chi connectivity index (χ3v) is 4.63. The number of hydrogen-bond acceptors (Lipinski definition) is 3. The van der Waals surface area contributed by atoms with Gasteiger partial charge in [0, 0.05) is 30.8 Å². The van der Waals surface area contributed by atoms with Crippen molar-refractivity contribution in [3.05, 3.63) is 42.6 Å². The van der Waals surface area contributed by atoms with Gasteiger partial charge in [-0.25, -0.2) is 0 Å². The summed E-state index contributed by atoms with van der Waals surface area (Å²) >= 11 is 0. The van der Waals surface area contributed by atoms with Crippen molar-refractivity contribution < 1.29 is 9.21 Å². The molecule has 1 saturated heterocycles. The van der Waals surface area contributed by atoms with E-state index < -0.39 is 0 Å². The second kappa shape index (κ2) is 5.06. The summed E-state index contributed by atoms with van der Waals surface area (Å²) in [5, 5.41) is 4.25. The van der Waals surface area contributed by atoms with Crippen LogP contribution in [0.2, 0.25) is 0 Å². The summed E-state index contributed by atoms with van der Waals surface area (Å²) in [6, 6.07) is 6.08. The van der Waals surface area contributed by atoms with Crippen LogP contribution in [0.5, 0.6) is 0 Å². The van der Waals surface area contributed by atoms with E-state index in [2.05, 4.69) is 10.00 Å². The van der Waals surface area contributed by atoms with Crippen molar-refractivity contribution in [3.63, 3.8) is 0 Å². The van der Waals surface area contributed by atoms with Gasteiger partial charge in [-0.2, -0.15) is 5.10 Å². The van der Waals surface area contributed by atoms with Crippen LogP contribution in [-0.4, -0.2) is 33.2 Å². The third-order valence-electron chi connectivity index (χ3n) is 4.63. The number of nitrogens with zero attached hydrogens (tertiary/aromatic N) is 3. The van der Waals surface area contributed by atoms with E-state index in [1.165, 1.54) is 0 Å². The molecule has 21 heavy (non-hydrogen) atoms. The van der Waals surface area contributed by atoms with Gasteiger partial charge in [0.2, 0.25) is 5.91 Å². The van der Waals surface area contributed by atoms with Crippen LogP contribution in [0.3, 0.4) is 0 Å². The summed E-state index contributed by atoms with van der Waals surface area (Å²) in [4.78, 5) is 14.8. The zero-order chi connectivity index (χ0) is 14.2. The Labute approximate surface area is 123 Å². The predicted molar refractivity (Wildman–Crippen MR) is 76.5 cm³/mol. The lowest BCUT2D eigenvalue weighted by Gasteiger charge is -2.25. The van der Waals surface area contributed by atoms with Crippen LogP contribution in [0.1, 0.15) is 30.9 Å². The molecule has 3 heterocycles. The van der Waals surface area contributed by atoms with Crippen LogP contribution in [-0.2, 0) is 11.3 Å². The largest absolute Gasteiger partial charge is 0.469 e. The zero-order valence-corrected chi connectivity index (χ0v) is 11.9. The van der Waals surface area contributed by atoms with Crippen molar-refractivity contribution in [1.82, 2.24) is 14.7 Å². The van der Waals surface area contributed by atoms with Crippen molar-refractivity contribution in [2.45, 2.75) is 37.8 Å². The molecule has 5 nitrogen and oxygen atoms in total. The lowest BCUT2D eigenvalue weighted by atomic mass is 10.2. The molecular weight excluding hydrogens is 266 g/mol. The molecule has 2 aromatic rings. The fraction of sp³-hybridized carbons (Fsp3) is 0.500. The second-order valence-electron chi connectivity index (χ2n) is 6.02. The number of hydrogen-bond donors (Lipinski definition) is 0. The molecule has 0 unspecified atom stereocenters. The van der Waals surface area contributed by atoms with Crippen molar-refractivity contribution >= 4 is 5.91 Å². The summed E-state index contributed by atoms with van der Waals surface area (Å²) in [7, 11) is 0. The molecule has 1 amide bonds. The molecule has 2 aromatic heterocycles. The molecule has 3 atom stereocenters. The molecule has 0 radical (unpaired) electrons. The third kappa shape index (κ3) is 2.37. The summed E-state index contributed by atoms with van der Waals surface area (Å²) in [6.45, 7) is 1.68. The maximum atomic E-state index is 12.7. The lowest BCUT2D eigenvalue weighted by Crippen LogP contribution is -2.39. The molecular formula is C16H19N3O2. The molecule has 0 N–H and O–H groups in total. The number of aromatic nitrogens is 2. The van der Waals surface area contributed by atoms with E-state index in [1.807, 2.05) is 29.1 Å². The van der Waals surface area contributed by atoms with Crippen LogP contribution < -0.4 is 0 Å². The maximum absolute atomic E-state index is 12.7. The quantitative estimate of drug-likeness (QED) is 0.866. The van der Waals surface area contributed by atoms with E-state index in [-0.39, 0.29) is 12.0 Å². The minimum atomic E-state index is 0.120. The van der Waals surface area contributed by atoms with Gasteiger partial charge in [0.25, 0.3) is 0 Å². The molecule has 1 aliphatic heterocycles. The van der Waals surface area contributed by atoms with Gasteiger partial charge < -0.3 is 9.32 Å². The molecule has 0 aromatic carbocycles. The predicted octanol–water partition coefficient (Wildman–Crippen LogP) is 2.27. The minimum Gasteiger partial charge on any atom is -0.469 e. The highest BCUT2D eigenvalue weighted by Crippen LogP contribution is 2.49. The molecule has 5 heteroatoms. The van der Waals surface area contributed by atoms with E-state index >= 15 is 0 Å². The smallest absolute Gasteiger partial charge is 0.226 e. The molecule has 2 aliphatic rings. The molecule has 0 bridgehead atoms. The molecule has 4 rings (SSSR count). The monoisotopic (exact) mass is 285 g/mol. The minimum absolute atomic E-state index is 0.120. The number of furan rings is 1. The first-order valence-electron chi connectivity index (χ1n) is 7.64. The molecule has 2 fully saturated rings. The Morgan fingerprint density at radius 2 is 2.38 bits per heavy atom. The SMILES string of the molecule is O=C([C@@H]1C[C@@H]1c1ccco1)N1CCC[C@@H]1Cn1cccn1. The van der Waals surface area contributed by atoms with Gasteiger partial charge >= 0.3 is 0 Å². The number of amides is 1. The number of carbonyl (C=O) groups excluding carboxylic acids is 1. The van der Waals surface area contributed by atoms with Crippen LogP contribution in [0.4, 0.5) is 0 Å². The second-order valence-corrected chi connectivity index (χ2v) is 6.02. The molecule has 0 spiro atoms. The van der Waals surface area contributed by atoms with Crippen LogP contribution >= 0.6 is 0 Å². The average Bonchev–Trinajstić information content (AvgIpc) is 2.99. The van der Waals surface area contributed by atoms with Crippen molar-refractivity contribution in [3.8, 4) is 0 Å². The first kappa shape index (κ1) is 12.7. The highest BCUT2D eigenvalue weighted by Gasteiger charge is 2.49. The van der Waals surface area contributed by atoms with E-state index in [4.69, 9.17) is 4.42 Å². The Hall–Kier alpha value is -2.04. The fourth-order valence-corrected chi connectivity index (χ4v) is 3.44. The van der Waals surface area contributed by atoms with Gasteiger partial charge in [0.1, 0.15) is 5.76 Å². The first-order valence-corrected chi connectivity index (χ1v) is 7.64. The summed E-state index contributed by atoms with van der Waals surface area (Å²) in [6.07, 6.45) is 8.53. The summed E-state index contributed by atoms with van der Waals surface area (Å²) in [5.74, 6) is 1.66.